The van der Waals surface area contributed by atoms with Crippen LogP contribution in [-0.4, -0.2) is 16.7 Å². The number of rotatable bonds is 5. The van der Waals surface area contributed by atoms with Crippen molar-refractivity contribution in [1.82, 2.24) is 9.55 Å². The first-order valence-corrected chi connectivity index (χ1v) is 6.49. The lowest BCUT2D eigenvalue weighted by Crippen LogP contribution is -1.96. The third-order valence-electron chi connectivity index (χ3n) is 3.15. The van der Waals surface area contributed by atoms with E-state index in [2.05, 4.69) is 21.7 Å². The molecule has 102 valence electrons. The zero-order chi connectivity index (χ0) is 13.8. The number of nitrogens with zero attached hydrogens (tertiary/aromatic N) is 2. The van der Waals surface area contributed by atoms with Crippen molar-refractivity contribution in [2.45, 2.75) is 13.0 Å². The van der Waals surface area contributed by atoms with Crippen LogP contribution in [-0.2, 0) is 13.0 Å². The summed E-state index contributed by atoms with van der Waals surface area (Å²) in [5, 5.41) is 0. The van der Waals surface area contributed by atoms with Gasteiger partial charge in [-0.1, -0.05) is 12.1 Å². The lowest BCUT2D eigenvalue weighted by atomic mass is 10.2. The Labute approximate surface area is 117 Å². The molecule has 0 aliphatic rings. The van der Waals surface area contributed by atoms with Crippen LogP contribution in [0.3, 0.4) is 0 Å². The van der Waals surface area contributed by atoms with E-state index in [4.69, 9.17) is 9.15 Å². The number of methoxy groups -OCH3 is 1. The predicted molar refractivity (Wildman–Crippen MR) is 75.8 cm³/mol. The summed E-state index contributed by atoms with van der Waals surface area (Å²) in [7, 11) is 1.67. The molecule has 0 fully saturated rings. The van der Waals surface area contributed by atoms with E-state index in [9.17, 15) is 0 Å². The van der Waals surface area contributed by atoms with Crippen LogP contribution in [0.15, 0.2) is 59.6 Å². The largest absolute Gasteiger partial charge is 0.497 e. The number of ether oxygens (including phenoxy) is 1. The van der Waals surface area contributed by atoms with Crippen molar-refractivity contribution in [3.05, 3.63) is 72.2 Å². The van der Waals surface area contributed by atoms with Gasteiger partial charge in [-0.05, 0) is 29.8 Å². The average Bonchev–Trinajstić information content (AvgIpc) is 3.12. The van der Waals surface area contributed by atoms with E-state index >= 15 is 0 Å². The molecule has 3 aromatic rings. The second kappa shape index (κ2) is 5.65. The van der Waals surface area contributed by atoms with Gasteiger partial charge in [-0.25, -0.2) is 4.98 Å². The Morgan fingerprint density at radius 1 is 1.20 bits per heavy atom. The van der Waals surface area contributed by atoms with Crippen LogP contribution in [0.5, 0.6) is 5.75 Å². The molecule has 0 unspecified atom stereocenters. The van der Waals surface area contributed by atoms with E-state index in [-0.39, 0.29) is 0 Å². The fourth-order valence-corrected chi connectivity index (χ4v) is 2.12. The maximum absolute atomic E-state index is 5.33. The monoisotopic (exact) mass is 268 g/mol. The summed E-state index contributed by atoms with van der Waals surface area (Å²) in [6.45, 7) is 0.801. The molecule has 0 amide bonds. The van der Waals surface area contributed by atoms with Crippen LogP contribution >= 0.6 is 0 Å². The molecule has 0 bridgehead atoms. The SMILES string of the molecule is COc1ccc(Cn2cnc(Cc3ccco3)c2)cc1. The maximum atomic E-state index is 5.33. The van der Waals surface area contributed by atoms with Gasteiger partial charge in [0.25, 0.3) is 0 Å². The molecule has 0 aliphatic carbocycles. The second-order valence-electron chi connectivity index (χ2n) is 4.64. The van der Waals surface area contributed by atoms with E-state index in [1.165, 1.54) is 5.56 Å². The van der Waals surface area contributed by atoms with E-state index < -0.39 is 0 Å². The first-order valence-electron chi connectivity index (χ1n) is 6.49. The van der Waals surface area contributed by atoms with E-state index in [1.807, 2.05) is 36.8 Å². The molecular weight excluding hydrogens is 252 g/mol. The minimum absolute atomic E-state index is 0.725. The van der Waals surface area contributed by atoms with Crippen molar-refractivity contribution < 1.29 is 9.15 Å². The lowest BCUT2D eigenvalue weighted by Gasteiger charge is -2.04. The quantitative estimate of drug-likeness (QED) is 0.713. The summed E-state index contributed by atoms with van der Waals surface area (Å²) in [4.78, 5) is 4.40. The molecule has 4 heteroatoms. The van der Waals surface area contributed by atoms with Crippen molar-refractivity contribution in [3.63, 3.8) is 0 Å². The molecule has 0 atom stereocenters. The highest BCUT2D eigenvalue weighted by Gasteiger charge is 2.03. The predicted octanol–water partition coefficient (Wildman–Crippen LogP) is 3.12. The third-order valence-corrected chi connectivity index (χ3v) is 3.15. The first kappa shape index (κ1) is 12.5. The van der Waals surface area contributed by atoms with Gasteiger partial charge in [-0.3, -0.25) is 0 Å². The standard InChI is InChI=1S/C16H16N2O2/c1-19-15-6-4-13(5-7-15)10-18-11-14(17-12-18)9-16-3-2-8-20-16/h2-8,11-12H,9-10H2,1H3. The van der Waals surface area contributed by atoms with Crippen molar-refractivity contribution in [3.8, 4) is 5.75 Å². The Balaban J connectivity index is 1.67. The lowest BCUT2D eigenvalue weighted by molar-refractivity contribution is 0.414. The van der Waals surface area contributed by atoms with Crippen LogP contribution in [0.1, 0.15) is 17.0 Å². The summed E-state index contributed by atoms with van der Waals surface area (Å²) in [5.74, 6) is 1.80. The molecule has 0 N–H and O–H groups in total. The maximum Gasteiger partial charge on any atom is 0.118 e. The van der Waals surface area contributed by atoms with Crippen molar-refractivity contribution in [2.24, 2.45) is 0 Å². The number of aromatic nitrogens is 2. The van der Waals surface area contributed by atoms with E-state index in [0.29, 0.717) is 0 Å². The van der Waals surface area contributed by atoms with E-state index in [1.54, 1.807) is 13.4 Å². The van der Waals surface area contributed by atoms with Crippen LogP contribution in [0.25, 0.3) is 0 Å². The number of hydrogen-bond donors (Lipinski definition) is 0. The van der Waals surface area contributed by atoms with Crippen LogP contribution in [0, 0.1) is 0 Å². The normalized spacial score (nSPS) is 10.7. The number of benzene rings is 1. The molecule has 0 radical (unpaired) electrons. The summed E-state index contributed by atoms with van der Waals surface area (Å²) in [6, 6.07) is 11.9. The fraction of sp³-hybridized carbons (Fsp3) is 0.188. The van der Waals surface area contributed by atoms with Crippen molar-refractivity contribution in [1.29, 1.82) is 0 Å². The van der Waals surface area contributed by atoms with Gasteiger partial charge in [0.2, 0.25) is 0 Å². The zero-order valence-electron chi connectivity index (χ0n) is 11.3. The molecule has 2 aromatic heterocycles. The molecule has 3 rings (SSSR count). The Morgan fingerprint density at radius 3 is 2.75 bits per heavy atom. The number of hydrogen-bond acceptors (Lipinski definition) is 3. The average molecular weight is 268 g/mol. The minimum Gasteiger partial charge on any atom is -0.497 e. The molecule has 4 nitrogen and oxygen atoms in total. The number of furan rings is 1. The van der Waals surface area contributed by atoms with Gasteiger partial charge in [0, 0.05) is 19.2 Å². The second-order valence-corrected chi connectivity index (χ2v) is 4.64. The van der Waals surface area contributed by atoms with E-state index in [0.717, 1.165) is 30.2 Å². The summed E-state index contributed by atoms with van der Waals surface area (Å²) >= 11 is 0. The van der Waals surface area contributed by atoms with Gasteiger partial charge in [0.05, 0.1) is 25.4 Å². The highest BCUT2D eigenvalue weighted by molar-refractivity contribution is 5.27. The minimum atomic E-state index is 0.725. The Morgan fingerprint density at radius 2 is 2.05 bits per heavy atom. The van der Waals surface area contributed by atoms with Gasteiger partial charge in [0.1, 0.15) is 11.5 Å². The highest BCUT2D eigenvalue weighted by Crippen LogP contribution is 2.13. The summed E-state index contributed by atoms with van der Waals surface area (Å²) in [6.07, 6.45) is 6.31. The smallest absolute Gasteiger partial charge is 0.118 e. The molecule has 0 saturated heterocycles. The summed E-state index contributed by atoms with van der Waals surface area (Å²) < 4.78 is 12.5. The molecule has 20 heavy (non-hydrogen) atoms. The Kier molecular flexibility index (Phi) is 3.54. The van der Waals surface area contributed by atoms with Gasteiger partial charge in [-0.2, -0.15) is 0 Å². The zero-order valence-corrected chi connectivity index (χ0v) is 11.3. The fourth-order valence-electron chi connectivity index (χ4n) is 2.12. The van der Waals surface area contributed by atoms with Gasteiger partial charge in [0.15, 0.2) is 0 Å². The topological polar surface area (TPSA) is 40.2 Å². The van der Waals surface area contributed by atoms with Gasteiger partial charge < -0.3 is 13.7 Å². The molecule has 0 saturated carbocycles. The van der Waals surface area contributed by atoms with Gasteiger partial charge >= 0.3 is 0 Å². The Bertz CT molecular complexity index is 654. The molecule has 2 heterocycles. The van der Waals surface area contributed by atoms with Crippen molar-refractivity contribution >= 4 is 0 Å². The molecular formula is C16H16N2O2. The van der Waals surface area contributed by atoms with Crippen molar-refractivity contribution in [2.75, 3.05) is 7.11 Å². The first-order chi connectivity index (χ1) is 9.83. The molecule has 1 aromatic carbocycles. The molecule has 0 aliphatic heterocycles. The van der Waals surface area contributed by atoms with Crippen LogP contribution in [0.2, 0.25) is 0 Å². The Hall–Kier alpha value is -2.49. The molecule has 0 spiro atoms. The number of imidazole rings is 1. The highest BCUT2D eigenvalue weighted by atomic mass is 16.5. The van der Waals surface area contributed by atoms with Crippen LogP contribution in [0.4, 0.5) is 0 Å². The summed E-state index contributed by atoms with van der Waals surface area (Å²) in [5.41, 5.74) is 2.22. The third kappa shape index (κ3) is 2.91. The van der Waals surface area contributed by atoms with Gasteiger partial charge in [-0.15, -0.1) is 0 Å². The van der Waals surface area contributed by atoms with Crippen LogP contribution < -0.4 is 4.74 Å².